The number of aliphatic hydroxyl groups excluding tert-OH is 1. The van der Waals surface area contributed by atoms with Crippen molar-refractivity contribution < 1.29 is 9.50 Å². The van der Waals surface area contributed by atoms with Gasteiger partial charge >= 0.3 is 0 Å². The summed E-state index contributed by atoms with van der Waals surface area (Å²) in [5.74, 6) is 0.0831. The summed E-state index contributed by atoms with van der Waals surface area (Å²) in [5, 5.41) is 9.88. The fourth-order valence-electron chi connectivity index (χ4n) is 2.14. The van der Waals surface area contributed by atoms with Gasteiger partial charge in [0.2, 0.25) is 0 Å². The van der Waals surface area contributed by atoms with Gasteiger partial charge in [0.05, 0.1) is 6.10 Å². The predicted molar refractivity (Wildman–Crippen MR) is 65.6 cm³/mol. The normalized spacial score (nSPS) is 26.5. The second kappa shape index (κ2) is 5.44. The monoisotopic (exact) mass is 224 g/mol. The molecule has 1 rings (SSSR count). The molecule has 0 aliphatic heterocycles. The molecule has 2 heteroatoms. The van der Waals surface area contributed by atoms with Crippen LogP contribution >= 0.6 is 0 Å². The third kappa shape index (κ3) is 2.62. The summed E-state index contributed by atoms with van der Waals surface area (Å²) in [6.07, 6.45) is 6.55. The number of rotatable bonds is 4. The van der Waals surface area contributed by atoms with E-state index in [4.69, 9.17) is 0 Å². The Kier molecular flexibility index (Phi) is 4.48. The van der Waals surface area contributed by atoms with Gasteiger partial charge in [0.1, 0.15) is 5.83 Å². The molecule has 0 aromatic rings. The SMILES string of the molecule is C/C=C\C(O)C(C)[C@@H](C)C1=CC=C(F)C1C. The summed E-state index contributed by atoms with van der Waals surface area (Å²) >= 11 is 0. The summed E-state index contributed by atoms with van der Waals surface area (Å²) in [4.78, 5) is 0. The molecule has 0 radical (unpaired) electrons. The first-order valence-corrected chi connectivity index (χ1v) is 5.87. The Morgan fingerprint density at radius 3 is 2.44 bits per heavy atom. The van der Waals surface area contributed by atoms with Crippen LogP contribution in [0.1, 0.15) is 27.7 Å². The Bertz CT molecular complexity index is 328. The molecule has 1 N–H and O–H groups in total. The van der Waals surface area contributed by atoms with E-state index in [-0.39, 0.29) is 23.6 Å². The molecular weight excluding hydrogens is 203 g/mol. The van der Waals surface area contributed by atoms with Crippen molar-refractivity contribution in [2.75, 3.05) is 0 Å². The van der Waals surface area contributed by atoms with Crippen molar-refractivity contribution >= 4 is 0 Å². The minimum Gasteiger partial charge on any atom is -0.389 e. The molecular formula is C14H21FO. The number of aliphatic hydroxyl groups is 1. The van der Waals surface area contributed by atoms with E-state index in [9.17, 15) is 9.50 Å². The highest BCUT2D eigenvalue weighted by atomic mass is 19.1. The molecule has 0 heterocycles. The maximum Gasteiger partial charge on any atom is 0.107 e. The molecule has 90 valence electrons. The second-order valence-electron chi connectivity index (χ2n) is 4.60. The van der Waals surface area contributed by atoms with Crippen LogP contribution in [0.5, 0.6) is 0 Å². The Morgan fingerprint density at radius 2 is 2.00 bits per heavy atom. The zero-order valence-corrected chi connectivity index (χ0v) is 10.4. The first-order valence-electron chi connectivity index (χ1n) is 5.87. The molecule has 4 atom stereocenters. The average Bonchev–Trinajstić information content (AvgIpc) is 2.58. The van der Waals surface area contributed by atoms with E-state index in [2.05, 4.69) is 0 Å². The topological polar surface area (TPSA) is 20.2 Å². The zero-order chi connectivity index (χ0) is 12.3. The molecule has 1 nitrogen and oxygen atoms in total. The maximum absolute atomic E-state index is 13.3. The largest absolute Gasteiger partial charge is 0.389 e. The van der Waals surface area contributed by atoms with Crippen molar-refractivity contribution in [1.29, 1.82) is 0 Å². The van der Waals surface area contributed by atoms with Gasteiger partial charge in [-0.1, -0.05) is 44.6 Å². The van der Waals surface area contributed by atoms with Gasteiger partial charge in [-0.3, -0.25) is 0 Å². The van der Waals surface area contributed by atoms with Gasteiger partial charge in [0, 0.05) is 5.92 Å². The van der Waals surface area contributed by atoms with Gasteiger partial charge < -0.3 is 5.11 Å². The van der Waals surface area contributed by atoms with E-state index in [1.54, 1.807) is 6.08 Å². The van der Waals surface area contributed by atoms with Crippen LogP contribution in [0.4, 0.5) is 4.39 Å². The fourth-order valence-corrected chi connectivity index (χ4v) is 2.14. The second-order valence-corrected chi connectivity index (χ2v) is 4.60. The Morgan fingerprint density at radius 1 is 1.38 bits per heavy atom. The van der Waals surface area contributed by atoms with Crippen molar-refractivity contribution in [3.63, 3.8) is 0 Å². The number of hydrogen-bond acceptors (Lipinski definition) is 1. The molecule has 1 aliphatic carbocycles. The van der Waals surface area contributed by atoms with Gasteiger partial charge in [0.15, 0.2) is 0 Å². The van der Waals surface area contributed by atoms with E-state index >= 15 is 0 Å². The predicted octanol–water partition coefficient (Wildman–Crippen LogP) is 3.63. The molecule has 0 saturated heterocycles. The van der Waals surface area contributed by atoms with Gasteiger partial charge in [-0.2, -0.15) is 0 Å². The smallest absolute Gasteiger partial charge is 0.107 e. The summed E-state index contributed by atoms with van der Waals surface area (Å²) in [6, 6.07) is 0. The van der Waals surface area contributed by atoms with Crippen molar-refractivity contribution in [2.45, 2.75) is 33.8 Å². The molecule has 3 unspecified atom stereocenters. The average molecular weight is 224 g/mol. The molecule has 0 saturated carbocycles. The van der Waals surface area contributed by atoms with Crippen molar-refractivity contribution in [2.24, 2.45) is 17.8 Å². The molecule has 0 aromatic heterocycles. The first kappa shape index (κ1) is 13.2. The minimum atomic E-state index is -0.461. The lowest BCUT2D eigenvalue weighted by Gasteiger charge is -2.26. The van der Waals surface area contributed by atoms with Gasteiger partial charge in [-0.25, -0.2) is 4.39 Å². The van der Waals surface area contributed by atoms with Gasteiger partial charge in [-0.15, -0.1) is 0 Å². The van der Waals surface area contributed by atoms with Crippen molar-refractivity contribution in [3.8, 4) is 0 Å². The van der Waals surface area contributed by atoms with Crippen LogP contribution in [0, 0.1) is 17.8 Å². The van der Waals surface area contributed by atoms with Crippen LogP contribution in [0.25, 0.3) is 0 Å². The van der Waals surface area contributed by atoms with Crippen LogP contribution in [0.3, 0.4) is 0 Å². The minimum absolute atomic E-state index is 0.0745. The van der Waals surface area contributed by atoms with E-state index in [1.165, 1.54) is 6.08 Å². The Labute approximate surface area is 97.4 Å². The van der Waals surface area contributed by atoms with Crippen LogP contribution in [-0.4, -0.2) is 11.2 Å². The summed E-state index contributed by atoms with van der Waals surface area (Å²) in [6.45, 7) is 7.81. The molecule has 1 aliphatic rings. The van der Waals surface area contributed by atoms with Crippen LogP contribution in [0.2, 0.25) is 0 Å². The lowest BCUT2D eigenvalue weighted by molar-refractivity contribution is 0.136. The molecule has 0 aromatic carbocycles. The molecule has 0 spiro atoms. The van der Waals surface area contributed by atoms with E-state index in [0.717, 1.165) is 5.57 Å². The van der Waals surface area contributed by atoms with Crippen LogP contribution in [0.15, 0.2) is 35.7 Å². The Balaban J connectivity index is 2.69. The lowest BCUT2D eigenvalue weighted by Crippen LogP contribution is -2.24. The number of hydrogen-bond donors (Lipinski definition) is 1. The molecule has 0 bridgehead atoms. The van der Waals surface area contributed by atoms with Gasteiger partial charge in [0.25, 0.3) is 0 Å². The summed E-state index contributed by atoms with van der Waals surface area (Å²) in [5.41, 5.74) is 1.08. The molecule has 16 heavy (non-hydrogen) atoms. The quantitative estimate of drug-likeness (QED) is 0.723. The van der Waals surface area contributed by atoms with Crippen LogP contribution < -0.4 is 0 Å². The van der Waals surface area contributed by atoms with Crippen molar-refractivity contribution in [3.05, 3.63) is 35.7 Å². The highest BCUT2D eigenvalue weighted by Crippen LogP contribution is 2.36. The molecule has 0 amide bonds. The van der Waals surface area contributed by atoms with Gasteiger partial charge in [-0.05, 0) is 24.8 Å². The highest BCUT2D eigenvalue weighted by molar-refractivity contribution is 5.32. The standard InChI is InChI=1S/C14H21FO/c1-5-6-14(16)10(3)9(2)12-7-8-13(15)11(12)4/h5-11,14,16H,1-4H3/b6-5-/t9-,10?,11?,14?/m1/s1. The Hall–Kier alpha value is -0.890. The zero-order valence-electron chi connectivity index (χ0n) is 10.4. The maximum atomic E-state index is 13.3. The van der Waals surface area contributed by atoms with Crippen LogP contribution in [-0.2, 0) is 0 Å². The molecule has 0 fully saturated rings. The van der Waals surface area contributed by atoms with Crippen molar-refractivity contribution in [1.82, 2.24) is 0 Å². The summed E-state index contributed by atoms with van der Waals surface area (Å²) in [7, 11) is 0. The number of halogens is 1. The first-order chi connectivity index (χ1) is 7.49. The lowest BCUT2D eigenvalue weighted by atomic mass is 9.81. The van der Waals surface area contributed by atoms with E-state index in [0.29, 0.717) is 0 Å². The highest BCUT2D eigenvalue weighted by Gasteiger charge is 2.28. The summed E-state index contributed by atoms with van der Waals surface area (Å²) < 4.78 is 13.3. The third-order valence-corrected chi connectivity index (χ3v) is 3.59. The van der Waals surface area contributed by atoms with E-state index < -0.39 is 6.10 Å². The third-order valence-electron chi connectivity index (χ3n) is 3.59. The van der Waals surface area contributed by atoms with E-state index in [1.807, 2.05) is 39.8 Å². The number of allylic oxidation sites excluding steroid dienone is 5. The fraction of sp³-hybridized carbons (Fsp3) is 0.571.